The number of ether oxygens (including phenoxy) is 1. The Kier molecular flexibility index (Phi) is 6.65. The van der Waals surface area contributed by atoms with Crippen LogP contribution in [0.2, 0.25) is 5.02 Å². The molecule has 22 heavy (non-hydrogen) atoms. The molecule has 1 aromatic carbocycles. The summed E-state index contributed by atoms with van der Waals surface area (Å²) in [7, 11) is -2.08. The Labute approximate surface area is 136 Å². The van der Waals surface area contributed by atoms with Crippen molar-refractivity contribution in [1.82, 2.24) is 5.32 Å². The number of methoxy groups -OCH3 is 1. The second-order valence-electron chi connectivity index (χ2n) is 5.13. The Morgan fingerprint density at radius 2 is 2.09 bits per heavy atom. The molecule has 0 spiro atoms. The van der Waals surface area contributed by atoms with Gasteiger partial charge < -0.3 is 10.1 Å². The van der Waals surface area contributed by atoms with Crippen LogP contribution in [0.15, 0.2) is 18.2 Å². The Bertz CT molecular complexity index is 634. The van der Waals surface area contributed by atoms with Crippen LogP contribution in [-0.2, 0) is 19.6 Å². The molecule has 1 atom stereocenters. The number of nitrogens with one attached hydrogen (secondary N) is 1. The second-order valence-corrected chi connectivity index (χ2v) is 7.44. The highest BCUT2D eigenvalue weighted by Crippen LogP contribution is 2.24. The van der Waals surface area contributed by atoms with Gasteiger partial charge in [-0.15, -0.1) is 0 Å². The fourth-order valence-electron chi connectivity index (χ4n) is 1.88. The smallest absolute Gasteiger partial charge is 0.241 e. The first kappa shape index (κ1) is 18.7. The van der Waals surface area contributed by atoms with E-state index in [1.54, 1.807) is 19.1 Å². The molecular formula is C14H21ClN2O4S. The maximum atomic E-state index is 12.0. The van der Waals surface area contributed by atoms with E-state index < -0.39 is 15.9 Å². The zero-order valence-electron chi connectivity index (χ0n) is 13.1. The largest absolute Gasteiger partial charge is 0.383 e. The molecule has 0 unspecified atom stereocenters. The molecule has 1 aromatic rings. The van der Waals surface area contributed by atoms with E-state index in [1.165, 1.54) is 13.2 Å². The van der Waals surface area contributed by atoms with Crippen molar-refractivity contribution in [2.24, 2.45) is 0 Å². The van der Waals surface area contributed by atoms with Crippen LogP contribution in [0.25, 0.3) is 0 Å². The minimum absolute atomic E-state index is 0.208. The van der Waals surface area contributed by atoms with E-state index in [0.29, 0.717) is 17.3 Å². The number of rotatable bonds is 7. The van der Waals surface area contributed by atoms with Gasteiger partial charge in [0.25, 0.3) is 0 Å². The van der Waals surface area contributed by atoms with E-state index in [9.17, 15) is 13.2 Å². The normalized spacial score (nSPS) is 12.8. The summed E-state index contributed by atoms with van der Waals surface area (Å²) in [4.78, 5) is 12.0. The number of carbonyl (C=O) groups excluding carboxylic acids is 1. The van der Waals surface area contributed by atoms with Crippen LogP contribution in [0.5, 0.6) is 0 Å². The number of halogens is 1. The number of amides is 1. The third-order valence-corrected chi connectivity index (χ3v) is 4.50. The third-order valence-electron chi connectivity index (χ3n) is 2.95. The summed E-state index contributed by atoms with van der Waals surface area (Å²) in [6, 6.07) is 4.65. The summed E-state index contributed by atoms with van der Waals surface area (Å²) >= 11 is 6.03. The van der Waals surface area contributed by atoms with E-state index in [2.05, 4.69) is 5.32 Å². The first-order chi connectivity index (χ1) is 10.1. The molecule has 1 N–H and O–H groups in total. The van der Waals surface area contributed by atoms with Gasteiger partial charge in [0, 0.05) is 18.2 Å². The molecule has 0 heterocycles. The highest BCUT2D eigenvalue weighted by Gasteiger charge is 2.22. The lowest BCUT2D eigenvalue weighted by atomic mass is 10.2. The van der Waals surface area contributed by atoms with Crippen LogP contribution < -0.4 is 9.62 Å². The minimum atomic E-state index is -3.61. The molecule has 0 radical (unpaired) electrons. The van der Waals surface area contributed by atoms with Crippen molar-refractivity contribution in [3.8, 4) is 0 Å². The molecule has 1 rings (SSSR count). The van der Waals surface area contributed by atoms with Gasteiger partial charge in [-0.05, 0) is 31.5 Å². The minimum Gasteiger partial charge on any atom is -0.383 e. The van der Waals surface area contributed by atoms with Crippen molar-refractivity contribution < 1.29 is 17.9 Å². The van der Waals surface area contributed by atoms with Crippen LogP contribution in [0, 0.1) is 6.92 Å². The number of sulfonamides is 1. The number of hydrogen-bond acceptors (Lipinski definition) is 4. The lowest BCUT2D eigenvalue weighted by Gasteiger charge is -2.23. The number of hydrogen-bond donors (Lipinski definition) is 1. The molecule has 0 fully saturated rings. The van der Waals surface area contributed by atoms with Crippen molar-refractivity contribution in [2.75, 3.05) is 30.8 Å². The fraction of sp³-hybridized carbons (Fsp3) is 0.500. The molecule has 6 nitrogen and oxygen atoms in total. The average Bonchev–Trinajstić information content (AvgIpc) is 2.38. The van der Waals surface area contributed by atoms with Crippen LogP contribution in [0.1, 0.15) is 12.5 Å². The molecule has 124 valence electrons. The van der Waals surface area contributed by atoms with Gasteiger partial charge in [-0.2, -0.15) is 0 Å². The summed E-state index contributed by atoms with van der Waals surface area (Å²) in [5.41, 5.74) is 1.18. The van der Waals surface area contributed by atoms with E-state index in [4.69, 9.17) is 16.3 Å². The summed E-state index contributed by atoms with van der Waals surface area (Å²) in [5.74, 6) is -0.410. The van der Waals surface area contributed by atoms with Crippen molar-refractivity contribution in [3.05, 3.63) is 28.8 Å². The number of nitrogens with zero attached hydrogens (tertiary/aromatic N) is 1. The molecule has 8 heteroatoms. The lowest BCUT2D eigenvalue weighted by Crippen LogP contribution is -2.44. The number of carbonyl (C=O) groups is 1. The number of benzene rings is 1. The van der Waals surface area contributed by atoms with Gasteiger partial charge in [-0.1, -0.05) is 17.7 Å². The molecule has 0 saturated carbocycles. The monoisotopic (exact) mass is 348 g/mol. The van der Waals surface area contributed by atoms with Gasteiger partial charge in [0.15, 0.2) is 0 Å². The summed E-state index contributed by atoms with van der Waals surface area (Å²) < 4.78 is 29.9. The van der Waals surface area contributed by atoms with Crippen LogP contribution in [0.3, 0.4) is 0 Å². The van der Waals surface area contributed by atoms with E-state index in [0.717, 1.165) is 16.1 Å². The highest BCUT2D eigenvalue weighted by atomic mass is 35.5. The number of aryl methyl sites for hydroxylation is 1. The quantitative estimate of drug-likeness (QED) is 0.811. The Morgan fingerprint density at radius 3 is 2.59 bits per heavy atom. The van der Waals surface area contributed by atoms with Gasteiger partial charge in [-0.25, -0.2) is 8.42 Å². The van der Waals surface area contributed by atoms with E-state index in [1.807, 2.05) is 6.92 Å². The standard InChI is InChI=1S/C14H21ClN2O4S/c1-10-5-6-12(7-13(10)15)17(22(4,19)20)8-14(18)16-11(2)9-21-3/h5-7,11H,8-9H2,1-4H3,(H,16,18)/t11-/m1/s1. The first-order valence-electron chi connectivity index (χ1n) is 6.67. The van der Waals surface area contributed by atoms with Gasteiger partial charge in [0.1, 0.15) is 6.54 Å². The molecule has 1 amide bonds. The Hall–Kier alpha value is -1.31. The molecule has 0 aliphatic carbocycles. The molecule has 0 bridgehead atoms. The zero-order valence-corrected chi connectivity index (χ0v) is 14.7. The zero-order chi connectivity index (χ0) is 16.9. The van der Waals surface area contributed by atoms with Crippen molar-refractivity contribution in [2.45, 2.75) is 19.9 Å². The first-order valence-corrected chi connectivity index (χ1v) is 8.90. The fourth-order valence-corrected chi connectivity index (χ4v) is 2.90. The van der Waals surface area contributed by atoms with Gasteiger partial charge in [0.05, 0.1) is 18.6 Å². The van der Waals surface area contributed by atoms with Crippen molar-refractivity contribution >= 4 is 33.2 Å². The highest BCUT2D eigenvalue weighted by molar-refractivity contribution is 7.92. The SMILES string of the molecule is COC[C@@H](C)NC(=O)CN(c1ccc(C)c(Cl)c1)S(C)(=O)=O. The molecule has 0 aliphatic rings. The number of anilines is 1. The Morgan fingerprint density at radius 1 is 1.45 bits per heavy atom. The maximum absolute atomic E-state index is 12.0. The summed E-state index contributed by atoms with van der Waals surface area (Å²) in [5, 5.41) is 3.12. The third kappa shape index (κ3) is 5.47. The van der Waals surface area contributed by atoms with Crippen molar-refractivity contribution in [1.29, 1.82) is 0 Å². The van der Waals surface area contributed by atoms with Crippen LogP contribution >= 0.6 is 11.6 Å². The van der Waals surface area contributed by atoms with Crippen molar-refractivity contribution in [3.63, 3.8) is 0 Å². The van der Waals surface area contributed by atoms with Gasteiger partial charge in [0.2, 0.25) is 15.9 Å². The summed E-state index contributed by atoms with van der Waals surface area (Å²) in [6.07, 6.45) is 1.05. The molecular weight excluding hydrogens is 328 g/mol. The van der Waals surface area contributed by atoms with E-state index >= 15 is 0 Å². The van der Waals surface area contributed by atoms with Crippen LogP contribution in [0.4, 0.5) is 5.69 Å². The second kappa shape index (κ2) is 7.80. The molecule has 0 saturated heterocycles. The maximum Gasteiger partial charge on any atom is 0.241 e. The predicted octanol–water partition coefficient (Wildman–Crippen LogP) is 1.57. The Balaban J connectivity index is 2.95. The predicted molar refractivity (Wildman–Crippen MR) is 87.9 cm³/mol. The van der Waals surface area contributed by atoms with Gasteiger partial charge >= 0.3 is 0 Å². The summed E-state index contributed by atoms with van der Waals surface area (Å²) in [6.45, 7) is 3.62. The topological polar surface area (TPSA) is 75.7 Å². The lowest BCUT2D eigenvalue weighted by molar-refractivity contribution is -0.120. The molecule has 0 aliphatic heterocycles. The molecule has 0 aromatic heterocycles. The van der Waals surface area contributed by atoms with Gasteiger partial charge in [-0.3, -0.25) is 9.10 Å². The van der Waals surface area contributed by atoms with E-state index in [-0.39, 0.29) is 12.6 Å². The average molecular weight is 349 g/mol. The van der Waals surface area contributed by atoms with Crippen LogP contribution in [-0.4, -0.2) is 46.9 Å².